The van der Waals surface area contributed by atoms with Gasteiger partial charge in [-0.05, 0) is 81.5 Å². The molecule has 7 rings (SSSR count). The zero-order valence-corrected chi connectivity index (χ0v) is 23.7. The van der Waals surface area contributed by atoms with Gasteiger partial charge in [-0.25, -0.2) is 9.78 Å². The van der Waals surface area contributed by atoms with Gasteiger partial charge in [-0.2, -0.15) is 0 Å². The molecule has 0 N–H and O–H groups in total. The first kappa shape index (κ1) is 26.0. The number of para-hydroxylation sites is 2. The Labute approximate surface area is 237 Å². The molecule has 212 valence electrons. The molecule has 2 bridgehead atoms. The lowest BCUT2D eigenvalue weighted by Crippen LogP contribution is -2.49. The number of nitrogens with zero attached hydrogens (tertiary/aromatic N) is 4. The topological polar surface area (TPSA) is 59.8 Å². The normalized spacial score (nSPS) is 28.3. The third kappa shape index (κ3) is 4.81. The summed E-state index contributed by atoms with van der Waals surface area (Å²) in [6, 6.07) is 21.5. The number of imidazole rings is 1. The van der Waals surface area contributed by atoms with Crippen LogP contribution >= 0.6 is 0 Å². The minimum absolute atomic E-state index is 0.0872. The number of aromatic nitrogens is 2. The molecular weight excluding hydrogens is 500 g/mol. The van der Waals surface area contributed by atoms with E-state index in [1.165, 1.54) is 36.8 Å². The fourth-order valence-corrected chi connectivity index (χ4v) is 8.21. The van der Waals surface area contributed by atoms with Gasteiger partial charge in [-0.3, -0.25) is 4.90 Å². The van der Waals surface area contributed by atoms with E-state index < -0.39 is 0 Å². The number of amides is 1. The van der Waals surface area contributed by atoms with Crippen molar-refractivity contribution >= 4 is 17.1 Å². The van der Waals surface area contributed by atoms with Crippen LogP contribution in [-0.4, -0.2) is 76.5 Å². The van der Waals surface area contributed by atoms with Crippen molar-refractivity contribution in [3.8, 4) is 0 Å². The second-order valence-corrected chi connectivity index (χ2v) is 12.5. The smallest absolute Gasteiger partial charge is 0.410 e. The van der Waals surface area contributed by atoms with Gasteiger partial charge in [0.2, 0.25) is 0 Å². The summed E-state index contributed by atoms with van der Waals surface area (Å²) in [6.07, 6.45) is 8.69. The van der Waals surface area contributed by atoms with Crippen LogP contribution in [0.3, 0.4) is 0 Å². The number of likely N-dealkylation sites (tertiary alicyclic amines) is 1. The number of ether oxygens (including phenoxy) is 2. The molecule has 4 fully saturated rings. The third-order valence-corrected chi connectivity index (χ3v) is 10.4. The maximum absolute atomic E-state index is 12.9. The number of carbonyl (C=O) groups is 1. The first-order valence-corrected chi connectivity index (χ1v) is 15.4. The summed E-state index contributed by atoms with van der Waals surface area (Å²) >= 11 is 0. The lowest BCUT2D eigenvalue weighted by atomic mass is 9.70. The highest BCUT2D eigenvalue weighted by Gasteiger charge is 2.44. The fraction of sp³-hybridized carbons (Fsp3) is 0.576. The molecule has 1 amide bonds. The van der Waals surface area contributed by atoms with Crippen LogP contribution in [0.2, 0.25) is 0 Å². The van der Waals surface area contributed by atoms with E-state index in [2.05, 4.69) is 71.0 Å². The first-order valence-electron chi connectivity index (χ1n) is 15.4. The molecule has 0 saturated carbocycles. The molecule has 7 heteroatoms. The van der Waals surface area contributed by atoms with Crippen molar-refractivity contribution in [3.05, 3.63) is 66.0 Å². The summed E-state index contributed by atoms with van der Waals surface area (Å²) in [4.78, 5) is 22.5. The lowest BCUT2D eigenvalue weighted by molar-refractivity contribution is 0.0396. The van der Waals surface area contributed by atoms with Gasteiger partial charge in [0.25, 0.3) is 0 Å². The molecule has 4 aliphatic heterocycles. The Kier molecular flexibility index (Phi) is 7.04. The summed E-state index contributed by atoms with van der Waals surface area (Å²) in [5, 5.41) is 0. The summed E-state index contributed by atoms with van der Waals surface area (Å²) in [5.41, 5.74) is 3.93. The monoisotopic (exact) mass is 542 g/mol. The molecule has 3 aromatic rings. The Morgan fingerprint density at radius 2 is 1.70 bits per heavy atom. The van der Waals surface area contributed by atoms with Gasteiger partial charge in [0, 0.05) is 37.6 Å². The van der Waals surface area contributed by atoms with E-state index in [1.54, 1.807) is 0 Å². The van der Waals surface area contributed by atoms with Crippen LogP contribution < -0.4 is 0 Å². The van der Waals surface area contributed by atoms with Crippen molar-refractivity contribution in [2.24, 2.45) is 0 Å². The molecule has 4 saturated heterocycles. The zero-order valence-electron chi connectivity index (χ0n) is 23.7. The lowest BCUT2D eigenvalue weighted by Gasteiger charge is -2.45. The first-order chi connectivity index (χ1) is 19.6. The van der Waals surface area contributed by atoms with Crippen LogP contribution in [0.15, 0.2) is 54.6 Å². The van der Waals surface area contributed by atoms with Crippen LogP contribution in [0.1, 0.15) is 68.8 Å². The minimum Gasteiger partial charge on any atom is -0.444 e. The Hall–Kier alpha value is -2.90. The van der Waals surface area contributed by atoms with E-state index in [0.29, 0.717) is 31.3 Å². The summed E-state index contributed by atoms with van der Waals surface area (Å²) in [6.45, 7) is 6.02. The number of piperidine rings is 2. The molecule has 2 aromatic carbocycles. The Balaban J connectivity index is 1.04. The quantitative estimate of drug-likeness (QED) is 0.390. The molecule has 0 aliphatic carbocycles. The standard InChI is InChI=1S/C33H42N4O3/c1-24-34-30-9-5-6-10-31(30)37(24)28-21-26-11-12-27(22-28)36(26)19-16-33(25-7-3-2-4-8-25)14-17-35(18-15-33)32(38)40-29-13-20-39-23-29/h2-10,26-29H,11-23H2,1H3/t26-,27+,28?,29?. The van der Waals surface area contributed by atoms with E-state index in [9.17, 15) is 4.79 Å². The van der Waals surface area contributed by atoms with Gasteiger partial charge < -0.3 is 18.9 Å². The van der Waals surface area contributed by atoms with Crippen LogP contribution in [0, 0.1) is 6.92 Å². The van der Waals surface area contributed by atoms with Crippen molar-refractivity contribution in [3.63, 3.8) is 0 Å². The van der Waals surface area contributed by atoms with E-state index in [0.717, 1.165) is 56.7 Å². The number of benzene rings is 2. The number of aryl methyl sites for hydroxylation is 1. The SMILES string of the molecule is Cc1nc2ccccc2n1C1C[C@H]2CC[C@@H](C1)N2CCC1(c2ccccc2)CCN(C(=O)OC2CCOC2)CC1. The van der Waals surface area contributed by atoms with Crippen molar-refractivity contribution < 1.29 is 14.3 Å². The van der Waals surface area contributed by atoms with Gasteiger partial charge in [-0.1, -0.05) is 42.5 Å². The predicted octanol–water partition coefficient (Wildman–Crippen LogP) is 5.86. The molecule has 0 spiro atoms. The van der Waals surface area contributed by atoms with Crippen molar-refractivity contribution in [1.29, 1.82) is 0 Å². The zero-order chi connectivity index (χ0) is 27.1. The van der Waals surface area contributed by atoms with E-state index >= 15 is 0 Å². The van der Waals surface area contributed by atoms with E-state index in [1.807, 2.05) is 4.90 Å². The van der Waals surface area contributed by atoms with Gasteiger partial charge in [-0.15, -0.1) is 0 Å². The second kappa shape index (κ2) is 10.8. The van der Waals surface area contributed by atoms with Crippen molar-refractivity contribution in [2.75, 3.05) is 32.8 Å². The largest absolute Gasteiger partial charge is 0.444 e. The van der Waals surface area contributed by atoms with Crippen molar-refractivity contribution in [1.82, 2.24) is 19.4 Å². The Bertz CT molecular complexity index is 1310. The van der Waals surface area contributed by atoms with Gasteiger partial charge in [0.15, 0.2) is 0 Å². The number of carbonyl (C=O) groups excluding carboxylic acids is 1. The van der Waals surface area contributed by atoms with E-state index in [4.69, 9.17) is 14.5 Å². The number of fused-ring (bicyclic) bond motifs is 3. The van der Waals surface area contributed by atoms with Crippen LogP contribution in [0.4, 0.5) is 4.79 Å². The van der Waals surface area contributed by atoms with Crippen LogP contribution in [0.25, 0.3) is 11.0 Å². The molecule has 7 nitrogen and oxygen atoms in total. The van der Waals surface area contributed by atoms with E-state index in [-0.39, 0.29) is 17.6 Å². The highest BCUT2D eigenvalue weighted by molar-refractivity contribution is 5.76. The Morgan fingerprint density at radius 1 is 0.975 bits per heavy atom. The molecule has 4 atom stereocenters. The third-order valence-electron chi connectivity index (χ3n) is 10.4. The number of hydrogen-bond acceptors (Lipinski definition) is 5. The van der Waals surface area contributed by atoms with Crippen molar-refractivity contribution in [2.45, 2.75) is 87.9 Å². The molecule has 1 aromatic heterocycles. The van der Waals surface area contributed by atoms with Gasteiger partial charge in [0.05, 0.1) is 24.2 Å². The predicted molar refractivity (Wildman–Crippen MR) is 156 cm³/mol. The number of rotatable bonds is 6. The fourth-order valence-electron chi connectivity index (χ4n) is 8.21. The van der Waals surface area contributed by atoms with Crippen LogP contribution in [-0.2, 0) is 14.9 Å². The summed E-state index contributed by atoms with van der Waals surface area (Å²) in [7, 11) is 0. The maximum Gasteiger partial charge on any atom is 0.410 e. The molecule has 4 aliphatic rings. The summed E-state index contributed by atoms with van der Waals surface area (Å²) in [5.74, 6) is 1.15. The summed E-state index contributed by atoms with van der Waals surface area (Å²) < 4.78 is 13.7. The number of hydrogen-bond donors (Lipinski definition) is 0. The minimum atomic E-state index is -0.167. The Morgan fingerprint density at radius 3 is 2.42 bits per heavy atom. The highest BCUT2D eigenvalue weighted by atomic mass is 16.6. The van der Waals surface area contributed by atoms with Gasteiger partial charge >= 0.3 is 6.09 Å². The van der Waals surface area contributed by atoms with Crippen LogP contribution in [0.5, 0.6) is 0 Å². The second-order valence-electron chi connectivity index (χ2n) is 12.5. The average molecular weight is 543 g/mol. The molecule has 40 heavy (non-hydrogen) atoms. The maximum atomic E-state index is 12.9. The van der Waals surface area contributed by atoms with Gasteiger partial charge in [0.1, 0.15) is 11.9 Å². The highest BCUT2D eigenvalue weighted by Crippen LogP contribution is 2.45. The molecule has 0 radical (unpaired) electrons. The average Bonchev–Trinajstić information content (AvgIpc) is 3.68. The molecule has 5 heterocycles. The molecule has 2 unspecified atom stereocenters. The molecular formula is C33H42N4O3.